The van der Waals surface area contributed by atoms with Gasteiger partial charge in [-0.05, 0) is 51.8 Å². The molecule has 1 aromatic carbocycles. The summed E-state index contributed by atoms with van der Waals surface area (Å²) in [5.41, 5.74) is 0.534. The molecule has 118 valence electrons. The van der Waals surface area contributed by atoms with Crippen molar-refractivity contribution in [1.82, 2.24) is 10.2 Å². The van der Waals surface area contributed by atoms with E-state index in [0.717, 1.165) is 19.2 Å². The summed E-state index contributed by atoms with van der Waals surface area (Å²) in [5.74, 6) is -0.409. The molecule has 0 spiro atoms. The van der Waals surface area contributed by atoms with Gasteiger partial charge in [0.25, 0.3) is 0 Å². The van der Waals surface area contributed by atoms with E-state index in [1.807, 2.05) is 6.92 Å². The third-order valence-electron chi connectivity index (χ3n) is 4.64. The van der Waals surface area contributed by atoms with Gasteiger partial charge in [0.15, 0.2) is 0 Å². The van der Waals surface area contributed by atoms with Gasteiger partial charge < -0.3 is 10.2 Å². The van der Waals surface area contributed by atoms with Crippen LogP contribution in [0.2, 0.25) is 0 Å². The molecule has 4 heteroatoms. The van der Waals surface area contributed by atoms with Crippen molar-refractivity contribution in [1.29, 1.82) is 0 Å². The molecule has 0 radical (unpaired) electrons. The molecule has 0 amide bonds. The minimum Gasteiger partial charge on any atom is -0.307 e. The summed E-state index contributed by atoms with van der Waals surface area (Å²) in [4.78, 5) is 2.47. The van der Waals surface area contributed by atoms with Crippen molar-refractivity contribution in [3.05, 3.63) is 35.4 Å². The number of rotatable bonds is 5. The van der Waals surface area contributed by atoms with Crippen LogP contribution in [0.3, 0.4) is 0 Å². The van der Waals surface area contributed by atoms with Gasteiger partial charge in [0.05, 0.1) is 0 Å². The molecule has 21 heavy (non-hydrogen) atoms. The fourth-order valence-electron chi connectivity index (χ4n) is 3.26. The Hall–Kier alpha value is -1.00. The Balaban J connectivity index is 1.96. The fraction of sp³-hybridized carbons (Fsp3) is 0.647. The van der Waals surface area contributed by atoms with Gasteiger partial charge in [0.2, 0.25) is 0 Å². The van der Waals surface area contributed by atoms with E-state index in [2.05, 4.69) is 24.1 Å². The summed E-state index contributed by atoms with van der Waals surface area (Å²) in [6.45, 7) is 9.67. The topological polar surface area (TPSA) is 15.3 Å². The van der Waals surface area contributed by atoms with Gasteiger partial charge in [-0.3, -0.25) is 0 Å². The Morgan fingerprint density at radius 2 is 2.10 bits per heavy atom. The van der Waals surface area contributed by atoms with Gasteiger partial charge in [-0.1, -0.05) is 13.0 Å². The molecule has 1 N–H and O–H groups in total. The van der Waals surface area contributed by atoms with Gasteiger partial charge in [-0.15, -0.1) is 0 Å². The molecule has 0 aromatic heterocycles. The summed E-state index contributed by atoms with van der Waals surface area (Å²) in [6.07, 6.45) is 2.44. The maximum atomic E-state index is 13.8. The van der Waals surface area contributed by atoms with Crippen LogP contribution in [-0.4, -0.2) is 30.6 Å². The van der Waals surface area contributed by atoms with Crippen molar-refractivity contribution in [3.8, 4) is 0 Å². The van der Waals surface area contributed by atoms with E-state index >= 15 is 0 Å². The van der Waals surface area contributed by atoms with Gasteiger partial charge in [-0.2, -0.15) is 0 Å². The molecule has 1 aromatic rings. The fourth-order valence-corrected chi connectivity index (χ4v) is 3.26. The zero-order chi connectivity index (χ0) is 15.4. The smallest absolute Gasteiger partial charge is 0.130 e. The molecule has 1 saturated heterocycles. The highest BCUT2D eigenvalue weighted by Crippen LogP contribution is 2.23. The first kappa shape index (κ1) is 16.4. The van der Waals surface area contributed by atoms with Crippen LogP contribution in [0.5, 0.6) is 0 Å². The van der Waals surface area contributed by atoms with E-state index in [1.165, 1.54) is 31.5 Å². The average Bonchev–Trinajstić information content (AvgIpc) is 2.47. The van der Waals surface area contributed by atoms with Crippen molar-refractivity contribution in [2.24, 2.45) is 5.92 Å². The van der Waals surface area contributed by atoms with E-state index in [4.69, 9.17) is 0 Å². The minimum atomic E-state index is -0.526. The molecule has 1 fully saturated rings. The average molecular weight is 296 g/mol. The number of piperidine rings is 1. The third kappa shape index (κ3) is 4.24. The van der Waals surface area contributed by atoms with Crippen LogP contribution in [0.4, 0.5) is 8.78 Å². The highest BCUT2D eigenvalue weighted by atomic mass is 19.1. The van der Waals surface area contributed by atoms with Gasteiger partial charge in [-0.25, -0.2) is 8.78 Å². The third-order valence-corrected chi connectivity index (χ3v) is 4.64. The maximum absolute atomic E-state index is 13.8. The number of nitrogens with zero attached hydrogens (tertiary/aromatic N) is 1. The van der Waals surface area contributed by atoms with E-state index in [1.54, 1.807) is 0 Å². The highest BCUT2D eigenvalue weighted by molar-refractivity contribution is 5.21. The number of halogens is 2. The van der Waals surface area contributed by atoms with Crippen LogP contribution in [-0.2, 0) is 0 Å². The second-order valence-electron chi connectivity index (χ2n) is 6.14. The first-order valence-electron chi connectivity index (χ1n) is 7.94. The van der Waals surface area contributed by atoms with Crippen LogP contribution < -0.4 is 5.32 Å². The minimum absolute atomic E-state index is 0.113. The maximum Gasteiger partial charge on any atom is 0.130 e. The van der Waals surface area contributed by atoms with Crippen molar-refractivity contribution >= 4 is 0 Å². The lowest BCUT2D eigenvalue weighted by Crippen LogP contribution is -2.45. The quantitative estimate of drug-likeness (QED) is 0.890. The first-order valence-corrected chi connectivity index (χ1v) is 7.94. The molecule has 0 saturated carbocycles. The normalized spacial score (nSPS) is 23.0. The highest BCUT2D eigenvalue weighted by Gasteiger charge is 2.25. The Morgan fingerprint density at radius 3 is 2.76 bits per heavy atom. The summed E-state index contributed by atoms with van der Waals surface area (Å²) in [5, 5.41) is 3.48. The summed E-state index contributed by atoms with van der Waals surface area (Å²) in [6, 6.07) is 4.02. The number of hydrogen-bond acceptors (Lipinski definition) is 2. The predicted octanol–water partition coefficient (Wildman–Crippen LogP) is 3.74. The largest absolute Gasteiger partial charge is 0.307 e. The predicted molar refractivity (Wildman–Crippen MR) is 82.2 cm³/mol. The van der Waals surface area contributed by atoms with Crippen LogP contribution >= 0.6 is 0 Å². The molecule has 1 aliphatic rings. The van der Waals surface area contributed by atoms with Crippen LogP contribution in [0.15, 0.2) is 18.2 Å². The molecular weight excluding hydrogens is 270 g/mol. The Kier molecular flexibility index (Phi) is 5.71. The van der Waals surface area contributed by atoms with Crippen molar-refractivity contribution < 1.29 is 8.78 Å². The molecule has 0 aliphatic carbocycles. The zero-order valence-corrected chi connectivity index (χ0v) is 13.2. The molecule has 2 nitrogen and oxygen atoms in total. The Morgan fingerprint density at radius 1 is 1.33 bits per heavy atom. The number of nitrogens with one attached hydrogen (secondary N) is 1. The monoisotopic (exact) mass is 296 g/mol. The number of hydrogen-bond donors (Lipinski definition) is 1. The van der Waals surface area contributed by atoms with E-state index in [-0.39, 0.29) is 6.04 Å². The Labute approximate surface area is 126 Å². The number of benzene rings is 1. The molecule has 1 heterocycles. The van der Waals surface area contributed by atoms with Gasteiger partial charge in [0.1, 0.15) is 11.6 Å². The summed E-state index contributed by atoms with van der Waals surface area (Å²) in [7, 11) is 0. The zero-order valence-electron chi connectivity index (χ0n) is 13.2. The SMILES string of the molecule is CCN1CCCC(C(C)NC(C)c2ccc(F)cc2F)C1. The molecular formula is C17H26F2N2. The van der Waals surface area contributed by atoms with Crippen molar-refractivity contribution in [2.75, 3.05) is 19.6 Å². The molecule has 0 bridgehead atoms. The standard InChI is InChI=1S/C17H26F2N2/c1-4-21-9-5-6-14(11-21)12(2)20-13(3)16-8-7-15(18)10-17(16)19/h7-8,10,12-14,20H,4-6,9,11H2,1-3H3. The van der Waals surface area contributed by atoms with Gasteiger partial charge in [0, 0.05) is 30.3 Å². The van der Waals surface area contributed by atoms with Crippen LogP contribution in [0, 0.1) is 17.6 Å². The molecule has 1 aliphatic heterocycles. The molecule has 3 atom stereocenters. The van der Waals surface area contributed by atoms with Crippen LogP contribution in [0.1, 0.15) is 45.2 Å². The van der Waals surface area contributed by atoms with E-state index in [9.17, 15) is 8.78 Å². The molecule has 2 rings (SSSR count). The van der Waals surface area contributed by atoms with Crippen LogP contribution in [0.25, 0.3) is 0 Å². The second-order valence-corrected chi connectivity index (χ2v) is 6.14. The van der Waals surface area contributed by atoms with E-state index < -0.39 is 11.6 Å². The lowest BCUT2D eigenvalue weighted by molar-refractivity contribution is 0.153. The summed E-state index contributed by atoms with van der Waals surface area (Å²) < 4.78 is 26.8. The Bertz CT molecular complexity index is 464. The van der Waals surface area contributed by atoms with E-state index in [0.29, 0.717) is 17.5 Å². The van der Waals surface area contributed by atoms with Crippen molar-refractivity contribution in [2.45, 2.75) is 45.7 Å². The van der Waals surface area contributed by atoms with Crippen molar-refractivity contribution in [3.63, 3.8) is 0 Å². The molecule has 3 unspecified atom stereocenters. The number of likely N-dealkylation sites (tertiary alicyclic amines) is 1. The first-order chi connectivity index (χ1) is 10.0. The second kappa shape index (κ2) is 7.32. The lowest BCUT2D eigenvalue weighted by Gasteiger charge is -2.36. The summed E-state index contributed by atoms with van der Waals surface area (Å²) >= 11 is 0. The lowest BCUT2D eigenvalue weighted by atomic mass is 9.90. The van der Waals surface area contributed by atoms with Gasteiger partial charge >= 0.3 is 0 Å².